The predicted octanol–water partition coefficient (Wildman–Crippen LogP) is 4.28. The molecule has 2 aromatic rings. The molecule has 0 bridgehead atoms. The maximum atomic E-state index is 6.39. The third-order valence-corrected chi connectivity index (χ3v) is 10.5. The topological polar surface area (TPSA) is 62.0 Å². The number of fused-ring (bicyclic) bond motifs is 5. The molecule has 9 heteroatoms. The van der Waals surface area contributed by atoms with Crippen molar-refractivity contribution in [3.05, 3.63) is 36.4 Å². The van der Waals surface area contributed by atoms with Gasteiger partial charge < -0.3 is 18.6 Å². The normalized spacial score (nSPS) is 27.5. The van der Waals surface area contributed by atoms with Crippen LogP contribution in [0.1, 0.15) is 55.4 Å². The van der Waals surface area contributed by atoms with E-state index in [0.717, 1.165) is 31.8 Å². The average Bonchev–Trinajstić information content (AvgIpc) is 3.36. The van der Waals surface area contributed by atoms with Crippen molar-refractivity contribution in [2.45, 2.75) is 87.6 Å². The second-order valence-corrected chi connectivity index (χ2v) is 13.4. The van der Waals surface area contributed by atoms with E-state index in [2.05, 4.69) is 85.7 Å². The predicted molar refractivity (Wildman–Crippen MR) is 130 cm³/mol. The summed E-state index contributed by atoms with van der Waals surface area (Å²) in [5.41, 5.74) is 2.48. The number of rotatable bonds is 2. The Hall–Kier alpha value is -1.32. The van der Waals surface area contributed by atoms with Gasteiger partial charge in [-0.2, -0.15) is 0 Å². The zero-order valence-corrected chi connectivity index (χ0v) is 21.3. The second-order valence-electron chi connectivity index (χ2n) is 11.3. The van der Waals surface area contributed by atoms with Gasteiger partial charge in [0, 0.05) is 16.6 Å². The third-order valence-electron chi connectivity index (χ3n) is 8.13. The highest BCUT2D eigenvalue weighted by Gasteiger charge is 2.58. The van der Waals surface area contributed by atoms with E-state index >= 15 is 0 Å². The molecular weight excluding hydrogens is 438 g/mol. The first-order chi connectivity index (χ1) is 15.3. The van der Waals surface area contributed by atoms with Crippen LogP contribution in [0.2, 0.25) is 0 Å². The Kier molecular flexibility index (Phi) is 4.34. The largest absolute Gasteiger partial charge is 0.496 e. The van der Waals surface area contributed by atoms with Crippen LogP contribution in [-0.2, 0) is 27.3 Å². The van der Waals surface area contributed by atoms with Crippen LogP contribution in [0.25, 0.3) is 11.1 Å². The lowest BCUT2D eigenvalue weighted by atomic mass is 9.76. The van der Waals surface area contributed by atoms with Crippen LogP contribution in [-0.4, -0.2) is 36.6 Å². The van der Waals surface area contributed by atoms with Gasteiger partial charge >= 0.3 is 14.2 Å². The summed E-state index contributed by atoms with van der Waals surface area (Å²) >= 11 is 0. The number of hydrogen-bond acceptors (Lipinski definition) is 6. The highest BCUT2D eigenvalue weighted by molar-refractivity contribution is 8.29. The molecule has 1 spiro atoms. The van der Waals surface area contributed by atoms with Gasteiger partial charge in [0.2, 0.25) is 0 Å². The Morgan fingerprint density at radius 2 is 1.18 bits per heavy atom. The number of hydrogen-bond donors (Lipinski definition) is 0. The maximum Gasteiger partial charge on any atom is 0.496 e. The van der Waals surface area contributed by atoms with E-state index in [1.54, 1.807) is 0 Å². The van der Waals surface area contributed by atoms with E-state index in [9.17, 15) is 0 Å². The van der Waals surface area contributed by atoms with E-state index in [4.69, 9.17) is 27.3 Å². The molecule has 2 aromatic carbocycles. The van der Waals surface area contributed by atoms with E-state index in [1.165, 1.54) is 0 Å². The van der Waals surface area contributed by atoms with Gasteiger partial charge in [0.1, 0.15) is 0 Å². The van der Waals surface area contributed by atoms with Crippen LogP contribution in [0.3, 0.4) is 0 Å². The monoisotopic (exact) mass is 468 g/mol. The first-order valence-corrected chi connectivity index (χ1v) is 13.0. The summed E-state index contributed by atoms with van der Waals surface area (Å²) < 4.78 is 36.9. The maximum absolute atomic E-state index is 6.39. The number of benzene rings is 2. The zero-order chi connectivity index (χ0) is 23.6. The van der Waals surface area contributed by atoms with Crippen LogP contribution in [0.4, 0.5) is 0 Å². The molecule has 3 fully saturated rings. The molecule has 0 atom stereocenters. The molecule has 4 aliphatic heterocycles. The van der Waals surface area contributed by atoms with Crippen LogP contribution < -0.4 is 10.9 Å². The molecule has 0 saturated carbocycles. The van der Waals surface area contributed by atoms with Crippen molar-refractivity contribution in [1.29, 1.82) is 0 Å². The van der Waals surface area contributed by atoms with Crippen molar-refractivity contribution < 1.29 is 27.3 Å². The van der Waals surface area contributed by atoms with E-state index in [1.807, 2.05) is 6.07 Å². The minimum atomic E-state index is -1.99. The van der Waals surface area contributed by atoms with Crippen LogP contribution in [0, 0.1) is 0 Å². The van der Waals surface area contributed by atoms with Gasteiger partial charge in [-0.15, -0.1) is 0 Å². The molecule has 6 nitrogen and oxygen atoms in total. The molecule has 3 saturated heterocycles. The van der Waals surface area contributed by atoms with E-state index < -0.39 is 47.2 Å². The van der Waals surface area contributed by atoms with Gasteiger partial charge in [0.25, 0.3) is 0 Å². The quantitative estimate of drug-likeness (QED) is 0.373. The molecule has 0 aliphatic carbocycles. The van der Waals surface area contributed by atoms with Gasteiger partial charge in [0.15, 0.2) is 0 Å². The lowest BCUT2D eigenvalue weighted by Gasteiger charge is -2.32. The molecule has 0 aromatic heterocycles. The first kappa shape index (κ1) is 22.2. The van der Waals surface area contributed by atoms with Crippen molar-refractivity contribution in [3.63, 3.8) is 0 Å². The summed E-state index contributed by atoms with van der Waals surface area (Å²) in [6.07, 6.45) is 0. The Balaban J connectivity index is 1.43. The second kappa shape index (κ2) is 6.46. The van der Waals surface area contributed by atoms with Crippen molar-refractivity contribution >= 4 is 35.8 Å². The van der Waals surface area contributed by atoms with Gasteiger partial charge in [-0.1, -0.05) is 49.6 Å². The van der Waals surface area contributed by atoms with E-state index in [-0.39, 0.29) is 0 Å². The summed E-state index contributed by atoms with van der Waals surface area (Å²) in [6, 6.07) is 12.5. The fourth-order valence-corrected chi connectivity index (χ4v) is 6.99. The Labute approximate surface area is 198 Å². The summed E-state index contributed by atoms with van der Waals surface area (Å²) in [5.74, 6) is 0. The molecular formula is C24H30B2O6S. The zero-order valence-electron chi connectivity index (χ0n) is 20.5. The smallest absolute Gasteiger partial charge is 0.399 e. The highest BCUT2D eigenvalue weighted by Crippen LogP contribution is 2.82. The molecule has 4 aliphatic rings. The van der Waals surface area contributed by atoms with E-state index in [0.29, 0.717) is 0 Å². The lowest BCUT2D eigenvalue weighted by molar-refractivity contribution is 0.00578. The fourth-order valence-electron chi connectivity index (χ4n) is 4.62. The van der Waals surface area contributed by atoms with Crippen molar-refractivity contribution in [2.24, 2.45) is 0 Å². The van der Waals surface area contributed by atoms with Crippen LogP contribution in [0.15, 0.2) is 46.2 Å². The Bertz CT molecular complexity index is 1140. The van der Waals surface area contributed by atoms with Gasteiger partial charge in [0.05, 0.1) is 32.2 Å². The summed E-state index contributed by atoms with van der Waals surface area (Å²) in [6.45, 7) is 16.5. The Morgan fingerprint density at radius 1 is 0.636 bits per heavy atom. The molecule has 33 heavy (non-hydrogen) atoms. The van der Waals surface area contributed by atoms with Gasteiger partial charge in [-0.05, 0) is 66.9 Å². The van der Waals surface area contributed by atoms with Crippen molar-refractivity contribution in [3.8, 4) is 11.1 Å². The third kappa shape index (κ3) is 2.94. The molecule has 0 unspecified atom stereocenters. The molecule has 4 heterocycles. The molecule has 174 valence electrons. The summed E-state index contributed by atoms with van der Waals surface area (Å²) in [5, 5.41) is 0. The highest BCUT2D eigenvalue weighted by atomic mass is 32.3. The fraction of sp³-hybridized carbons (Fsp3) is 0.500. The lowest BCUT2D eigenvalue weighted by Crippen LogP contribution is -2.41. The molecule has 0 radical (unpaired) electrons. The molecule has 0 N–H and O–H groups in total. The Morgan fingerprint density at radius 3 is 1.73 bits per heavy atom. The SMILES string of the molecule is CC1(C)OB(c2ccc3c(c2)-c2cccc(B4OC(C)(C)C(C)(C)O4)c2S32OO2)OC1(C)C. The van der Waals surface area contributed by atoms with Crippen LogP contribution >= 0.6 is 10.6 Å². The summed E-state index contributed by atoms with van der Waals surface area (Å²) in [7, 11) is -2.90. The van der Waals surface area contributed by atoms with Crippen LogP contribution in [0.5, 0.6) is 0 Å². The van der Waals surface area contributed by atoms with Gasteiger partial charge in [-0.25, -0.2) is 0 Å². The van der Waals surface area contributed by atoms with Crippen molar-refractivity contribution in [2.75, 3.05) is 0 Å². The van der Waals surface area contributed by atoms with Crippen molar-refractivity contribution in [1.82, 2.24) is 0 Å². The molecule has 6 rings (SSSR count). The molecule has 0 amide bonds. The minimum absolute atomic E-state index is 0.395. The first-order valence-electron chi connectivity index (χ1n) is 11.5. The standard InChI is InChI=1S/C24H30B2O6S/c1-21(2)22(3,4)28-25(27-21)15-12-13-19-17(14-15)16-10-9-11-18(20(16)33(19)31-32-33)26-29-23(5,6)24(7,8)30-26/h9-14H,1-8H3. The van der Waals surface area contributed by atoms with Gasteiger partial charge in [-0.3, -0.25) is 0 Å². The minimum Gasteiger partial charge on any atom is -0.399 e. The summed E-state index contributed by atoms with van der Waals surface area (Å²) in [4.78, 5) is 2.09. The average molecular weight is 468 g/mol.